The van der Waals surface area contributed by atoms with Gasteiger partial charge in [-0.25, -0.2) is 0 Å². The number of carbonyl (C=O) groups excluding carboxylic acids is 2. The highest BCUT2D eigenvalue weighted by atomic mass is 16.6. The van der Waals surface area contributed by atoms with Crippen LogP contribution in [0.2, 0.25) is 0 Å². The topological polar surface area (TPSA) is 52.6 Å². The largest absolute Gasteiger partial charge is 0.468 e. The lowest BCUT2D eigenvalue weighted by molar-refractivity contribution is -0.169. The highest BCUT2D eigenvalue weighted by Crippen LogP contribution is 2.43. The van der Waals surface area contributed by atoms with Crippen LogP contribution in [0, 0.1) is 17.8 Å². The summed E-state index contributed by atoms with van der Waals surface area (Å²) in [4.78, 5) is 25.6. The van der Waals surface area contributed by atoms with Gasteiger partial charge in [0.05, 0.1) is 7.11 Å². The molecule has 0 saturated heterocycles. The Bertz CT molecular complexity index is 859. The van der Waals surface area contributed by atoms with Crippen molar-refractivity contribution in [3.8, 4) is 0 Å². The van der Waals surface area contributed by atoms with Crippen LogP contribution < -0.4 is 0 Å². The third-order valence-corrected chi connectivity index (χ3v) is 6.82. The van der Waals surface area contributed by atoms with Gasteiger partial charge in [0.15, 0.2) is 5.92 Å². The van der Waals surface area contributed by atoms with E-state index in [9.17, 15) is 9.59 Å². The quantitative estimate of drug-likeness (QED) is 0.446. The maximum absolute atomic E-state index is 13.2. The van der Waals surface area contributed by atoms with Crippen LogP contribution in [0.3, 0.4) is 0 Å². The zero-order valence-electron chi connectivity index (χ0n) is 19.0. The van der Waals surface area contributed by atoms with Gasteiger partial charge in [0.25, 0.3) is 0 Å². The molecule has 0 spiro atoms. The summed E-state index contributed by atoms with van der Waals surface area (Å²) in [6.45, 7) is 6.66. The summed E-state index contributed by atoms with van der Waals surface area (Å²) >= 11 is 0. The van der Waals surface area contributed by atoms with Gasteiger partial charge in [-0.2, -0.15) is 0 Å². The van der Waals surface area contributed by atoms with E-state index < -0.39 is 17.9 Å². The van der Waals surface area contributed by atoms with Crippen molar-refractivity contribution in [2.24, 2.45) is 17.8 Å². The molecule has 2 aromatic carbocycles. The van der Waals surface area contributed by atoms with E-state index in [0.717, 1.165) is 24.8 Å². The second-order valence-corrected chi connectivity index (χ2v) is 9.35. The van der Waals surface area contributed by atoms with Crippen molar-refractivity contribution < 1.29 is 19.1 Å². The smallest absolute Gasteiger partial charge is 0.320 e. The molecule has 2 aromatic rings. The predicted octanol–water partition coefficient (Wildman–Crippen LogP) is 5.34. The van der Waals surface area contributed by atoms with Gasteiger partial charge in [0, 0.05) is 5.92 Å². The number of rotatable bonds is 7. The van der Waals surface area contributed by atoms with Gasteiger partial charge in [0.1, 0.15) is 6.10 Å². The Morgan fingerprint density at radius 3 is 2.19 bits per heavy atom. The molecule has 0 heterocycles. The first kappa shape index (κ1) is 23.1. The van der Waals surface area contributed by atoms with Gasteiger partial charge in [-0.05, 0) is 41.7 Å². The Hall–Kier alpha value is -2.62. The van der Waals surface area contributed by atoms with E-state index in [2.05, 4.69) is 45.0 Å². The normalized spacial score (nSPS) is 22.4. The Morgan fingerprint density at radius 1 is 0.968 bits per heavy atom. The number of benzene rings is 2. The first-order valence-electron chi connectivity index (χ1n) is 11.2. The van der Waals surface area contributed by atoms with Crippen molar-refractivity contribution in [2.45, 2.75) is 58.0 Å². The summed E-state index contributed by atoms with van der Waals surface area (Å²) in [5.74, 6) is -1.32. The summed E-state index contributed by atoms with van der Waals surface area (Å²) in [5.41, 5.74) is 2.00. The molecule has 166 valence electrons. The molecular weight excluding hydrogens is 388 g/mol. The fraction of sp³-hybridized carbons (Fsp3) is 0.481. The van der Waals surface area contributed by atoms with E-state index in [0.29, 0.717) is 5.92 Å². The Kier molecular flexibility index (Phi) is 7.53. The summed E-state index contributed by atoms with van der Waals surface area (Å²) in [6, 6.07) is 19.9. The van der Waals surface area contributed by atoms with E-state index in [-0.39, 0.29) is 23.9 Å². The average molecular weight is 423 g/mol. The molecule has 4 nitrogen and oxygen atoms in total. The van der Waals surface area contributed by atoms with Crippen LogP contribution in [0.25, 0.3) is 0 Å². The van der Waals surface area contributed by atoms with E-state index in [1.54, 1.807) is 0 Å². The molecule has 0 amide bonds. The van der Waals surface area contributed by atoms with E-state index in [4.69, 9.17) is 9.47 Å². The molecule has 31 heavy (non-hydrogen) atoms. The van der Waals surface area contributed by atoms with E-state index >= 15 is 0 Å². The van der Waals surface area contributed by atoms with Gasteiger partial charge in [-0.3, -0.25) is 9.59 Å². The van der Waals surface area contributed by atoms with Crippen LogP contribution in [0.4, 0.5) is 0 Å². The second kappa shape index (κ2) is 10.1. The number of ether oxygens (including phenoxy) is 2. The third kappa shape index (κ3) is 5.55. The van der Waals surface area contributed by atoms with Crippen LogP contribution in [0.1, 0.15) is 51.2 Å². The molecule has 4 heteroatoms. The summed E-state index contributed by atoms with van der Waals surface area (Å²) in [6.07, 6.45) is 2.96. The Labute approximate surface area is 186 Å². The molecule has 0 radical (unpaired) electrons. The number of methoxy groups -OCH3 is 1. The minimum Gasteiger partial charge on any atom is -0.468 e. The van der Waals surface area contributed by atoms with E-state index in [1.165, 1.54) is 12.7 Å². The van der Waals surface area contributed by atoms with Gasteiger partial charge in [0.2, 0.25) is 0 Å². The van der Waals surface area contributed by atoms with Crippen molar-refractivity contribution in [3.63, 3.8) is 0 Å². The molecule has 3 rings (SSSR count). The monoisotopic (exact) mass is 422 g/mol. The number of esters is 2. The SMILES string of the molecule is COC(=O)C(Cc1ccccc1)C(=O)O[C@@H]1C[C@H](C)CC[C@H]1C(C)(C)c1ccccc1. The van der Waals surface area contributed by atoms with Gasteiger partial charge in [-0.15, -0.1) is 0 Å². The summed E-state index contributed by atoms with van der Waals surface area (Å²) < 4.78 is 11.0. The zero-order valence-corrected chi connectivity index (χ0v) is 19.0. The number of hydrogen-bond acceptors (Lipinski definition) is 4. The van der Waals surface area contributed by atoms with Crippen LogP contribution in [-0.2, 0) is 30.9 Å². The predicted molar refractivity (Wildman–Crippen MR) is 122 cm³/mol. The lowest BCUT2D eigenvalue weighted by atomic mass is 9.64. The van der Waals surface area contributed by atoms with Gasteiger partial charge < -0.3 is 9.47 Å². The second-order valence-electron chi connectivity index (χ2n) is 9.35. The van der Waals surface area contributed by atoms with Crippen molar-refractivity contribution >= 4 is 11.9 Å². The maximum atomic E-state index is 13.2. The van der Waals surface area contributed by atoms with Gasteiger partial charge in [-0.1, -0.05) is 87.9 Å². The lowest BCUT2D eigenvalue weighted by Gasteiger charge is -2.44. The maximum Gasteiger partial charge on any atom is 0.320 e. The molecule has 0 aromatic heterocycles. The minimum absolute atomic E-state index is 0.146. The van der Waals surface area contributed by atoms with E-state index in [1.807, 2.05) is 36.4 Å². The average Bonchev–Trinajstić information content (AvgIpc) is 2.78. The molecule has 0 N–H and O–H groups in total. The van der Waals surface area contributed by atoms with Gasteiger partial charge >= 0.3 is 11.9 Å². The van der Waals surface area contributed by atoms with Crippen molar-refractivity contribution in [3.05, 3.63) is 71.8 Å². The number of carbonyl (C=O) groups is 2. The minimum atomic E-state index is -0.954. The van der Waals surface area contributed by atoms with Crippen LogP contribution in [0.5, 0.6) is 0 Å². The first-order valence-corrected chi connectivity index (χ1v) is 11.2. The standard InChI is InChI=1S/C27H34O4/c1-19-15-16-23(27(2,3)21-13-9-6-10-14-21)24(17-19)31-26(29)22(25(28)30-4)18-20-11-7-5-8-12-20/h5-14,19,22-24H,15-18H2,1-4H3/t19-,22?,23-,24-/m1/s1. The Morgan fingerprint density at radius 2 is 1.58 bits per heavy atom. The summed E-state index contributed by atoms with van der Waals surface area (Å²) in [5, 5.41) is 0. The zero-order chi connectivity index (χ0) is 22.4. The molecule has 1 fully saturated rings. The van der Waals surface area contributed by atoms with Crippen molar-refractivity contribution in [2.75, 3.05) is 7.11 Å². The molecule has 1 aliphatic rings. The molecule has 1 saturated carbocycles. The number of hydrogen-bond donors (Lipinski definition) is 0. The third-order valence-electron chi connectivity index (χ3n) is 6.82. The molecule has 1 unspecified atom stereocenters. The van der Waals surface area contributed by atoms with Crippen molar-refractivity contribution in [1.82, 2.24) is 0 Å². The van der Waals surface area contributed by atoms with Crippen LogP contribution in [0.15, 0.2) is 60.7 Å². The molecule has 0 bridgehead atoms. The fourth-order valence-electron chi connectivity index (χ4n) is 4.85. The molecule has 0 aliphatic heterocycles. The summed E-state index contributed by atoms with van der Waals surface area (Å²) in [7, 11) is 1.32. The lowest BCUT2D eigenvalue weighted by Crippen LogP contribution is -2.45. The highest BCUT2D eigenvalue weighted by Gasteiger charge is 2.43. The highest BCUT2D eigenvalue weighted by molar-refractivity contribution is 5.95. The van der Waals surface area contributed by atoms with Crippen LogP contribution in [-0.4, -0.2) is 25.2 Å². The van der Waals surface area contributed by atoms with Crippen molar-refractivity contribution in [1.29, 1.82) is 0 Å². The molecule has 1 aliphatic carbocycles. The molecule has 4 atom stereocenters. The van der Waals surface area contributed by atoms with Crippen LogP contribution >= 0.6 is 0 Å². The first-order chi connectivity index (χ1) is 14.8. The Balaban J connectivity index is 1.81. The fourth-order valence-corrected chi connectivity index (χ4v) is 4.85. The molecular formula is C27H34O4.